The predicted octanol–water partition coefficient (Wildman–Crippen LogP) is 5.34. The van der Waals surface area contributed by atoms with Crippen molar-refractivity contribution in [3.63, 3.8) is 0 Å². The third kappa shape index (κ3) is 2.87. The number of rotatable bonds is 2. The molecule has 1 aromatic heterocycles. The van der Waals surface area contributed by atoms with Crippen LogP contribution in [-0.2, 0) is 0 Å². The van der Waals surface area contributed by atoms with E-state index in [4.69, 9.17) is 0 Å². The van der Waals surface area contributed by atoms with E-state index in [0.29, 0.717) is 0 Å². The number of benzene rings is 2. The maximum Gasteiger partial charge on any atom is 0.0704 e. The molecule has 1 nitrogen and oxygen atoms in total. The Kier molecular flexibility index (Phi) is 3.57. The first-order chi connectivity index (χ1) is 10.1. The van der Waals surface area contributed by atoms with Gasteiger partial charge in [-0.25, -0.2) is 0 Å². The molecule has 0 atom stereocenters. The average Bonchev–Trinajstić information content (AvgIpc) is 2.47. The molecule has 3 rings (SSSR count). The average molecular weight is 273 g/mol. The van der Waals surface area contributed by atoms with Gasteiger partial charge in [-0.3, -0.25) is 4.98 Å². The lowest BCUT2D eigenvalue weighted by Crippen LogP contribution is -1.89. The van der Waals surface area contributed by atoms with Gasteiger partial charge in [-0.05, 0) is 49.6 Å². The van der Waals surface area contributed by atoms with Crippen molar-refractivity contribution in [3.8, 4) is 22.4 Å². The maximum absolute atomic E-state index is 4.44. The molecule has 0 spiro atoms. The first kappa shape index (κ1) is 13.6. The van der Waals surface area contributed by atoms with Crippen molar-refractivity contribution in [1.29, 1.82) is 0 Å². The van der Waals surface area contributed by atoms with Gasteiger partial charge in [-0.15, -0.1) is 0 Å². The summed E-state index contributed by atoms with van der Waals surface area (Å²) in [5.74, 6) is 0. The molecule has 21 heavy (non-hydrogen) atoms. The van der Waals surface area contributed by atoms with E-state index in [9.17, 15) is 0 Å². The zero-order valence-corrected chi connectivity index (χ0v) is 12.7. The van der Waals surface area contributed by atoms with E-state index >= 15 is 0 Å². The molecule has 104 valence electrons. The van der Waals surface area contributed by atoms with Crippen LogP contribution in [0, 0.1) is 20.8 Å². The van der Waals surface area contributed by atoms with Crippen molar-refractivity contribution in [1.82, 2.24) is 4.98 Å². The number of aryl methyl sites for hydroxylation is 3. The highest BCUT2D eigenvalue weighted by atomic mass is 14.7. The second-order valence-electron chi connectivity index (χ2n) is 5.62. The molecular formula is C20H19N. The predicted molar refractivity (Wildman–Crippen MR) is 89.3 cm³/mol. The SMILES string of the molecule is Cc1cc(C)cc(-c2ccc(-c3ccccn3)c(C)c2)c1. The monoisotopic (exact) mass is 273 g/mol. The van der Waals surface area contributed by atoms with Crippen LogP contribution >= 0.6 is 0 Å². The molecule has 1 heterocycles. The molecule has 0 saturated carbocycles. The Morgan fingerprint density at radius 3 is 2.10 bits per heavy atom. The van der Waals surface area contributed by atoms with Crippen LogP contribution in [0.2, 0.25) is 0 Å². The van der Waals surface area contributed by atoms with E-state index in [2.05, 4.69) is 68.2 Å². The maximum atomic E-state index is 4.44. The largest absolute Gasteiger partial charge is 0.256 e. The van der Waals surface area contributed by atoms with Crippen LogP contribution in [0.1, 0.15) is 16.7 Å². The lowest BCUT2D eigenvalue weighted by molar-refractivity contribution is 1.30. The lowest BCUT2D eigenvalue weighted by atomic mass is 9.96. The summed E-state index contributed by atoms with van der Waals surface area (Å²) in [5, 5.41) is 0. The third-order valence-corrected chi connectivity index (χ3v) is 3.72. The van der Waals surface area contributed by atoms with Gasteiger partial charge in [0.2, 0.25) is 0 Å². The quantitative estimate of drug-likeness (QED) is 0.614. The number of nitrogens with zero attached hydrogens (tertiary/aromatic N) is 1. The van der Waals surface area contributed by atoms with Crippen LogP contribution in [0.15, 0.2) is 60.8 Å². The minimum atomic E-state index is 1.03. The summed E-state index contributed by atoms with van der Waals surface area (Å²) in [6, 6.07) is 19.3. The van der Waals surface area contributed by atoms with E-state index in [1.165, 1.54) is 33.4 Å². The summed E-state index contributed by atoms with van der Waals surface area (Å²) >= 11 is 0. The Hall–Kier alpha value is -2.41. The van der Waals surface area contributed by atoms with Gasteiger partial charge in [0.05, 0.1) is 5.69 Å². The van der Waals surface area contributed by atoms with E-state index in [0.717, 1.165) is 5.69 Å². The summed E-state index contributed by atoms with van der Waals surface area (Å²) < 4.78 is 0. The Morgan fingerprint density at radius 2 is 1.48 bits per heavy atom. The zero-order valence-electron chi connectivity index (χ0n) is 12.7. The third-order valence-electron chi connectivity index (χ3n) is 3.72. The summed E-state index contributed by atoms with van der Waals surface area (Å²) in [4.78, 5) is 4.44. The molecule has 0 aliphatic carbocycles. The van der Waals surface area contributed by atoms with Crippen molar-refractivity contribution in [3.05, 3.63) is 77.5 Å². The minimum Gasteiger partial charge on any atom is -0.256 e. The van der Waals surface area contributed by atoms with Gasteiger partial charge < -0.3 is 0 Å². The van der Waals surface area contributed by atoms with Gasteiger partial charge in [0.1, 0.15) is 0 Å². The van der Waals surface area contributed by atoms with Gasteiger partial charge in [0.25, 0.3) is 0 Å². The molecule has 1 heteroatoms. The fraction of sp³-hybridized carbons (Fsp3) is 0.150. The summed E-state index contributed by atoms with van der Waals surface area (Å²) in [7, 11) is 0. The molecule has 0 N–H and O–H groups in total. The Bertz CT molecular complexity index is 753. The van der Waals surface area contributed by atoms with E-state index in [1.54, 1.807) is 0 Å². The fourth-order valence-electron chi connectivity index (χ4n) is 2.79. The molecule has 0 amide bonds. The molecule has 0 aliphatic rings. The fourth-order valence-corrected chi connectivity index (χ4v) is 2.79. The molecule has 2 aromatic carbocycles. The second-order valence-corrected chi connectivity index (χ2v) is 5.62. The van der Waals surface area contributed by atoms with Crippen molar-refractivity contribution in [2.24, 2.45) is 0 Å². The van der Waals surface area contributed by atoms with Crippen LogP contribution in [0.5, 0.6) is 0 Å². The Labute approximate surface area is 126 Å². The highest BCUT2D eigenvalue weighted by Gasteiger charge is 2.06. The van der Waals surface area contributed by atoms with Crippen LogP contribution in [0.3, 0.4) is 0 Å². The molecule has 0 bridgehead atoms. The highest BCUT2D eigenvalue weighted by Crippen LogP contribution is 2.28. The Balaban J connectivity index is 2.05. The smallest absolute Gasteiger partial charge is 0.0704 e. The normalized spacial score (nSPS) is 10.6. The van der Waals surface area contributed by atoms with E-state index in [1.807, 2.05) is 18.3 Å². The summed E-state index contributed by atoms with van der Waals surface area (Å²) in [6.07, 6.45) is 1.84. The van der Waals surface area contributed by atoms with Crippen LogP contribution in [-0.4, -0.2) is 4.98 Å². The van der Waals surface area contributed by atoms with Crippen LogP contribution in [0.4, 0.5) is 0 Å². The van der Waals surface area contributed by atoms with Crippen molar-refractivity contribution in [2.75, 3.05) is 0 Å². The van der Waals surface area contributed by atoms with Gasteiger partial charge >= 0.3 is 0 Å². The Morgan fingerprint density at radius 1 is 0.714 bits per heavy atom. The van der Waals surface area contributed by atoms with Gasteiger partial charge in [-0.1, -0.05) is 53.6 Å². The highest BCUT2D eigenvalue weighted by molar-refractivity contribution is 5.72. The van der Waals surface area contributed by atoms with E-state index in [-0.39, 0.29) is 0 Å². The van der Waals surface area contributed by atoms with Gasteiger partial charge in [-0.2, -0.15) is 0 Å². The number of aromatic nitrogens is 1. The van der Waals surface area contributed by atoms with Gasteiger partial charge in [0.15, 0.2) is 0 Å². The topological polar surface area (TPSA) is 12.9 Å². The van der Waals surface area contributed by atoms with Crippen LogP contribution < -0.4 is 0 Å². The molecule has 0 radical (unpaired) electrons. The second kappa shape index (κ2) is 5.53. The number of hydrogen-bond acceptors (Lipinski definition) is 1. The number of hydrogen-bond donors (Lipinski definition) is 0. The van der Waals surface area contributed by atoms with Crippen LogP contribution in [0.25, 0.3) is 22.4 Å². The van der Waals surface area contributed by atoms with Crippen molar-refractivity contribution >= 4 is 0 Å². The standard InChI is InChI=1S/C20H19N/c1-14-10-15(2)12-18(11-14)17-7-8-19(16(3)13-17)20-6-4-5-9-21-20/h4-13H,1-3H3. The molecule has 0 fully saturated rings. The summed E-state index contributed by atoms with van der Waals surface area (Å²) in [5.41, 5.74) is 8.63. The first-order valence-electron chi connectivity index (χ1n) is 7.24. The molecule has 0 aliphatic heterocycles. The minimum absolute atomic E-state index is 1.03. The summed E-state index contributed by atoms with van der Waals surface area (Å²) in [6.45, 7) is 6.44. The first-order valence-corrected chi connectivity index (χ1v) is 7.24. The molecular weight excluding hydrogens is 254 g/mol. The van der Waals surface area contributed by atoms with Crippen molar-refractivity contribution < 1.29 is 0 Å². The lowest BCUT2D eigenvalue weighted by Gasteiger charge is -2.10. The molecule has 0 unspecified atom stereocenters. The molecule has 3 aromatic rings. The van der Waals surface area contributed by atoms with E-state index < -0.39 is 0 Å². The van der Waals surface area contributed by atoms with Crippen molar-refractivity contribution in [2.45, 2.75) is 20.8 Å². The number of pyridine rings is 1. The zero-order chi connectivity index (χ0) is 14.8. The van der Waals surface area contributed by atoms with Gasteiger partial charge in [0, 0.05) is 11.8 Å². The molecule has 0 saturated heterocycles.